The second-order valence-corrected chi connectivity index (χ2v) is 6.00. The number of guanidine groups is 1. The molecule has 2 N–H and O–H groups in total. The number of hydrogen-bond acceptors (Lipinski definition) is 4. The van der Waals surface area contributed by atoms with E-state index in [1.807, 2.05) is 12.1 Å². The molecule has 1 aliphatic rings. The number of rotatable bonds is 9. The minimum atomic E-state index is 0.684. The Kier molecular flexibility index (Phi) is 8.97. The topological polar surface area (TPSA) is 64.1 Å². The quantitative estimate of drug-likeness (QED) is 0.408. The smallest absolute Gasteiger partial charge is 0.191 e. The number of fused-ring (bicyclic) bond motifs is 1. The molecule has 0 saturated carbocycles. The maximum atomic E-state index is 5.73. The molecule has 1 aromatic carbocycles. The highest BCUT2D eigenvalue weighted by atomic mass is 16.5. The molecule has 6 nitrogen and oxygen atoms in total. The predicted octanol–water partition coefficient (Wildman–Crippen LogP) is 2.72. The fourth-order valence-corrected chi connectivity index (χ4v) is 2.45. The van der Waals surface area contributed by atoms with Gasteiger partial charge in [0.15, 0.2) is 17.5 Å². The first-order valence-electron chi connectivity index (χ1n) is 9.24. The minimum Gasteiger partial charge on any atom is -0.490 e. The van der Waals surface area contributed by atoms with E-state index in [1.165, 1.54) is 6.42 Å². The zero-order valence-electron chi connectivity index (χ0n) is 15.5. The van der Waals surface area contributed by atoms with Crippen LogP contribution in [0.1, 0.15) is 38.2 Å². The highest BCUT2D eigenvalue weighted by Crippen LogP contribution is 2.30. The normalized spacial score (nSPS) is 14.1. The number of benzene rings is 1. The van der Waals surface area contributed by atoms with E-state index in [0.717, 1.165) is 62.0 Å². The molecule has 0 aliphatic carbocycles. The summed E-state index contributed by atoms with van der Waals surface area (Å²) in [4.78, 5) is 4.25. The van der Waals surface area contributed by atoms with Gasteiger partial charge in [0.1, 0.15) is 0 Å². The second-order valence-electron chi connectivity index (χ2n) is 6.00. The number of nitrogens with one attached hydrogen (secondary N) is 2. The van der Waals surface area contributed by atoms with Crippen LogP contribution in [0.25, 0.3) is 0 Å². The Morgan fingerprint density at radius 3 is 2.72 bits per heavy atom. The SMILES string of the molecule is CCCCOCCCNC(=NC)NCc1ccc2c(c1)OCCCO2. The molecule has 25 heavy (non-hydrogen) atoms. The fraction of sp³-hybridized carbons (Fsp3) is 0.632. The molecule has 1 aliphatic heterocycles. The summed E-state index contributed by atoms with van der Waals surface area (Å²) in [5, 5.41) is 6.63. The molecular weight excluding hydrogens is 318 g/mol. The van der Waals surface area contributed by atoms with Crippen LogP contribution >= 0.6 is 0 Å². The zero-order valence-corrected chi connectivity index (χ0v) is 15.5. The van der Waals surface area contributed by atoms with Crippen LogP contribution in [0, 0.1) is 0 Å². The van der Waals surface area contributed by atoms with E-state index in [4.69, 9.17) is 14.2 Å². The van der Waals surface area contributed by atoms with Crippen molar-refractivity contribution in [3.8, 4) is 11.5 Å². The summed E-state index contributed by atoms with van der Waals surface area (Å²) in [6.45, 7) is 6.75. The van der Waals surface area contributed by atoms with Crippen molar-refractivity contribution in [2.45, 2.75) is 39.2 Å². The number of unbranched alkanes of at least 4 members (excludes halogenated alkanes) is 1. The monoisotopic (exact) mass is 349 g/mol. The molecule has 0 spiro atoms. The molecule has 2 rings (SSSR count). The molecule has 6 heteroatoms. The van der Waals surface area contributed by atoms with Crippen LogP contribution in [0.5, 0.6) is 11.5 Å². The van der Waals surface area contributed by atoms with Gasteiger partial charge in [-0.1, -0.05) is 19.4 Å². The summed E-state index contributed by atoms with van der Waals surface area (Å²) in [7, 11) is 1.78. The summed E-state index contributed by atoms with van der Waals surface area (Å²) in [6, 6.07) is 6.05. The van der Waals surface area contributed by atoms with Crippen molar-refractivity contribution >= 4 is 5.96 Å². The van der Waals surface area contributed by atoms with E-state index in [9.17, 15) is 0 Å². The molecule has 0 aromatic heterocycles. The lowest BCUT2D eigenvalue weighted by atomic mass is 10.2. The van der Waals surface area contributed by atoms with Crippen molar-refractivity contribution in [2.24, 2.45) is 4.99 Å². The van der Waals surface area contributed by atoms with Crippen molar-refractivity contribution < 1.29 is 14.2 Å². The Morgan fingerprint density at radius 2 is 1.92 bits per heavy atom. The standard InChI is InChI=1S/C19H31N3O3/c1-3-4-10-23-11-5-9-21-19(20-2)22-15-16-7-8-17-18(14-16)25-13-6-12-24-17/h7-8,14H,3-6,9-13,15H2,1-2H3,(H2,20,21,22). The van der Waals surface area contributed by atoms with Gasteiger partial charge in [-0.3, -0.25) is 4.99 Å². The second kappa shape index (κ2) is 11.6. The Labute approximate surface area is 151 Å². The first-order valence-corrected chi connectivity index (χ1v) is 9.24. The van der Waals surface area contributed by atoms with Gasteiger partial charge in [0, 0.05) is 39.8 Å². The van der Waals surface area contributed by atoms with E-state index >= 15 is 0 Å². The van der Waals surface area contributed by atoms with Gasteiger partial charge in [0.2, 0.25) is 0 Å². The highest BCUT2D eigenvalue weighted by molar-refractivity contribution is 5.79. The maximum Gasteiger partial charge on any atom is 0.191 e. The third kappa shape index (κ3) is 7.22. The van der Waals surface area contributed by atoms with Crippen molar-refractivity contribution in [1.29, 1.82) is 0 Å². The summed E-state index contributed by atoms with van der Waals surface area (Å²) in [6.07, 6.45) is 4.19. The number of ether oxygens (including phenoxy) is 3. The number of aliphatic imine (C=N–C) groups is 1. The molecule has 0 amide bonds. The fourth-order valence-electron chi connectivity index (χ4n) is 2.45. The lowest BCUT2D eigenvalue weighted by Crippen LogP contribution is -2.37. The summed E-state index contributed by atoms with van der Waals surface area (Å²) in [5.41, 5.74) is 1.13. The van der Waals surface area contributed by atoms with Crippen molar-refractivity contribution in [2.75, 3.05) is 40.0 Å². The predicted molar refractivity (Wildman–Crippen MR) is 101 cm³/mol. The Balaban J connectivity index is 1.69. The van der Waals surface area contributed by atoms with Crippen LogP contribution in [-0.2, 0) is 11.3 Å². The van der Waals surface area contributed by atoms with Gasteiger partial charge in [-0.25, -0.2) is 0 Å². The Hall–Kier alpha value is -1.95. The minimum absolute atomic E-state index is 0.684. The molecule has 1 aromatic rings. The molecule has 0 fully saturated rings. The van der Waals surface area contributed by atoms with Crippen LogP contribution in [0.3, 0.4) is 0 Å². The summed E-state index contributed by atoms with van der Waals surface area (Å²) < 4.78 is 16.9. The molecule has 1 heterocycles. The van der Waals surface area contributed by atoms with Crippen molar-refractivity contribution in [3.63, 3.8) is 0 Å². The average Bonchev–Trinajstić information content (AvgIpc) is 2.88. The van der Waals surface area contributed by atoms with Gasteiger partial charge in [-0.15, -0.1) is 0 Å². The molecule has 0 atom stereocenters. The third-order valence-electron chi connectivity index (χ3n) is 3.90. The van der Waals surface area contributed by atoms with Crippen LogP contribution in [0.2, 0.25) is 0 Å². The van der Waals surface area contributed by atoms with Crippen molar-refractivity contribution in [1.82, 2.24) is 10.6 Å². The molecule has 0 radical (unpaired) electrons. The van der Waals surface area contributed by atoms with E-state index in [0.29, 0.717) is 19.8 Å². The number of nitrogens with zero attached hydrogens (tertiary/aromatic N) is 1. The maximum absolute atomic E-state index is 5.73. The lowest BCUT2D eigenvalue weighted by molar-refractivity contribution is 0.129. The molecule has 0 unspecified atom stereocenters. The Bertz CT molecular complexity index is 535. The van der Waals surface area contributed by atoms with Crippen molar-refractivity contribution in [3.05, 3.63) is 23.8 Å². The van der Waals surface area contributed by atoms with Crippen LogP contribution in [-0.4, -0.2) is 46.0 Å². The Morgan fingerprint density at radius 1 is 1.12 bits per heavy atom. The first-order chi connectivity index (χ1) is 12.3. The van der Waals surface area contributed by atoms with Crippen LogP contribution < -0.4 is 20.1 Å². The van der Waals surface area contributed by atoms with Crippen LogP contribution in [0.4, 0.5) is 0 Å². The van der Waals surface area contributed by atoms with E-state index < -0.39 is 0 Å². The summed E-state index contributed by atoms with van der Waals surface area (Å²) in [5.74, 6) is 2.44. The number of hydrogen-bond donors (Lipinski definition) is 2. The highest BCUT2D eigenvalue weighted by Gasteiger charge is 2.10. The van der Waals surface area contributed by atoms with Gasteiger partial charge < -0.3 is 24.8 Å². The molecule has 0 saturated heterocycles. The van der Waals surface area contributed by atoms with E-state index in [1.54, 1.807) is 7.05 Å². The first kappa shape index (κ1) is 19.4. The largest absolute Gasteiger partial charge is 0.490 e. The van der Waals surface area contributed by atoms with Crippen LogP contribution in [0.15, 0.2) is 23.2 Å². The average molecular weight is 349 g/mol. The lowest BCUT2D eigenvalue weighted by Gasteiger charge is -2.13. The molecule has 140 valence electrons. The molecular formula is C19H31N3O3. The van der Waals surface area contributed by atoms with E-state index in [-0.39, 0.29) is 0 Å². The molecule has 0 bridgehead atoms. The third-order valence-corrected chi connectivity index (χ3v) is 3.90. The van der Waals surface area contributed by atoms with Gasteiger partial charge in [-0.2, -0.15) is 0 Å². The van der Waals surface area contributed by atoms with Gasteiger partial charge in [0.25, 0.3) is 0 Å². The zero-order chi connectivity index (χ0) is 17.7. The van der Waals surface area contributed by atoms with Gasteiger partial charge in [-0.05, 0) is 30.5 Å². The summed E-state index contributed by atoms with van der Waals surface area (Å²) >= 11 is 0. The van der Waals surface area contributed by atoms with E-state index in [2.05, 4.69) is 28.6 Å². The van der Waals surface area contributed by atoms with Gasteiger partial charge >= 0.3 is 0 Å². The van der Waals surface area contributed by atoms with Gasteiger partial charge in [0.05, 0.1) is 13.2 Å².